The smallest absolute Gasteiger partial charge is 0.254 e. The molecule has 2 aromatic carbocycles. The zero-order valence-corrected chi connectivity index (χ0v) is 12.8. The number of benzene rings is 2. The van der Waals surface area contributed by atoms with Gasteiger partial charge in [-0.15, -0.1) is 0 Å². The molecule has 0 amide bonds. The Kier molecular flexibility index (Phi) is 2.07. The van der Waals surface area contributed by atoms with Crippen molar-refractivity contribution in [2.75, 3.05) is 0 Å². The van der Waals surface area contributed by atoms with E-state index in [9.17, 15) is 0 Å². The number of H-pyrrole nitrogens is 1. The van der Waals surface area contributed by atoms with Crippen molar-refractivity contribution < 1.29 is 4.40 Å². The van der Waals surface area contributed by atoms with Crippen LogP contribution >= 0.6 is 0 Å². The van der Waals surface area contributed by atoms with Gasteiger partial charge in [0.2, 0.25) is 0 Å². The van der Waals surface area contributed by atoms with E-state index in [1.807, 2.05) is 18.2 Å². The van der Waals surface area contributed by atoms with Crippen LogP contribution in [-0.4, -0.2) is 14.4 Å². The molecule has 0 fully saturated rings. The number of pyridine rings is 2. The van der Waals surface area contributed by atoms with Crippen LogP contribution in [0.25, 0.3) is 44.2 Å². The topological polar surface area (TPSA) is 37.2 Å². The Balaban J connectivity index is 1.88. The number of fused-ring (bicyclic) bond motifs is 3. The zero-order valence-electron chi connectivity index (χ0n) is 12.8. The summed E-state index contributed by atoms with van der Waals surface area (Å²) in [4.78, 5) is 8.48. The summed E-state index contributed by atoms with van der Waals surface area (Å²) in [5.74, 6) is 0.912. The van der Waals surface area contributed by atoms with E-state index in [0.29, 0.717) is 0 Å². The molecule has 6 aromatic rings. The third-order valence-corrected chi connectivity index (χ3v) is 4.79. The van der Waals surface area contributed by atoms with E-state index >= 15 is 0 Å². The summed E-state index contributed by atoms with van der Waals surface area (Å²) in [7, 11) is 0. The summed E-state index contributed by atoms with van der Waals surface area (Å²) < 4.78 is 4.36. The lowest BCUT2D eigenvalue weighted by Gasteiger charge is -1.99. The first-order valence-electron chi connectivity index (χ1n) is 8.00. The fraction of sp³-hybridized carbons (Fsp3) is 0. The lowest BCUT2D eigenvalue weighted by Crippen LogP contribution is -2.16. The third kappa shape index (κ3) is 1.38. The van der Waals surface area contributed by atoms with Crippen molar-refractivity contribution in [3.8, 4) is 11.4 Å². The molecule has 1 N–H and O–H groups in total. The first kappa shape index (κ1) is 12.1. The van der Waals surface area contributed by atoms with Gasteiger partial charge in [0.25, 0.3) is 6.33 Å². The van der Waals surface area contributed by atoms with Crippen molar-refractivity contribution in [3.05, 3.63) is 73.3 Å². The van der Waals surface area contributed by atoms with Crippen molar-refractivity contribution >= 4 is 32.8 Å². The van der Waals surface area contributed by atoms with Crippen LogP contribution in [0.15, 0.2) is 73.3 Å². The molecule has 4 aromatic heterocycles. The summed E-state index contributed by atoms with van der Waals surface area (Å²) in [6, 6.07) is 18.8. The zero-order chi connectivity index (χ0) is 15.7. The molecule has 6 rings (SSSR count). The Hall–Kier alpha value is -3.40. The number of aromatic amines is 1. The molecule has 4 heterocycles. The van der Waals surface area contributed by atoms with Gasteiger partial charge in [-0.25, -0.2) is 13.8 Å². The largest absolute Gasteiger partial charge is 0.337 e. The first-order chi connectivity index (χ1) is 11.9. The van der Waals surface area contributed by atoms with Gasteiger partial charge in [-0.05, 0) is 24.3 Å². The van der Waals surface area contributed by atoms with E-state index < -0.39 is 0 Å². The first-order valence-corrected chi connectivity index (χ1v) is 8.00. The molecule has 0 radical (unpaired) electrons. The number of nitrogens with one attached hydrogen (secondary N) is 1. The van der Waals surface area contributed by atoms with Crippen molar-refractivity contribution in [2.24, 2.45) is 0 Å². The average molecular weight is 309 g/mol. The van der Waals surface area contributed by atoms with Gasteiger partial charge in [0.15, 0.2) is 11.0 Å². The molecule has 0 saturated heterocycles. The van der Waals surface area contributed by atoms with Crippen LogP contribution in [0, 0.1) is 0 Å². The Morgan fingerprint density at radius 1 is 0.917 bits per heavy atom. The number of imidazole rings is 2. The lowest BCUT2D eigenvalue weighted by molar-refractivity contribution is -0.510. The molecular weight excluding hydrogens is 296 g/mol. The number of nitrogens with zero attached hydrogens (tertiary/aromatic N) is 3. The highest BCUT2D eigenvalue weighted by atomic mass is 15.1. The summed E-state index contributed by atoms with van der Waals surface area (Å²) >= 11 is 0. The van der Waals surface area contributed by atoms with Gasteiger partial charge in [-0.3, -0.25) is 0 Å². The third-order valence-electron chi connectivity index (χ3n) is 4.79. The van der Waals surface area contributed by atoms with Crippen LogP contribution in [0.2, 0.25) is 0 Å². The Bertz CT molecular complexity index is 1260. The molecule has 0 aliphatic heterocycles. The predicted octanol–water partition coefficient (Wildman–Crippen LogP) is 3.81. The molecule has 0 unspecified atom stereocenters. The molecule has 0 atom stereocenters. The maximum Gasteiger partial charge on any atom is 0.254 e. The monoisotopic (exact) mass is 309 g/mol. The molecule has 0 bridgehead atoms. The number of rotatable bonds is 1. The van der Waals surface area contributed by atoms with Gasteiger partial charge in [-0.2, -0.15) is 0 Å². The predicted molar refractivity (Wildman–Crippen MR) is 94.3 cm³/mol. The van der Waals surface area contributed by atoms with E-state index in [1.54, 1.807) is 0 Å². The highest BCUT2D eigenvalue weighted by Crippen LogP contribution is 2.34. The normalized spacial score (nSPS) is 12.2. The van der Waals surface area contributed by atoms with Gasteiger partial charge >= 0.3 is 0 Å². The molecule has 0 aliphatic rings. The van der Waals surface area contributed by atoms with Crippen LogP contribution in [0.4, 0.5) is 0 Å². The number of hydrogen-bond acceptors (Lipinski definition) is 1. The molecule has 0 saturated carbocycles. The van der Waals surface area contributed by atoms with Crippen LogP contribution in [-0.2, 0) is 0 Å². The molecule has 0 aliphatic carbocycles. The van der Waals surface area contributed by atoms with E-state index in [0.717, 1.165) is 22.4 Å². The Morgan fingerprint density at radius 3 is 2.71 bits per heavy atom. The van der Waals surface area contributed by atoms with Crippen molar-refractivity contribution in [1.29, 1.82) is 0 Å². The summed E-state index contributed by atoms with van der Waals surface area (Å²) in [5.41, 5.74) is 5.67. The van der Waals surface area contributed by atoms with E-state index in [4.69, 9.17) is 4.98 Å². The van der Waals surface area contributed by atoms with Gasteiger partial charge < -0.3 is 4.98 Å². The van der Waals surface area contributed by atoms with Crippen molar-refractivity contribution in [3.63, 3.8) is 0 Å². The second-order valence-corrected chi connectivity index (χ2v) is 6.15. The molecule has 24 heavy (non-hydrogen) atoms. The molecule has 0 spiro atoms. The van der Waals surface area contributed by atoms with Crippen LogP contribution < -0.4 is 4.40 Å². The summed E-state index contributed by atoms with van der Waals surface area (Å²) in [6.45, 7) is 0. The van der Waals surface area contributed by atoms with Gasteiger partial charge in [0.05, 0.1) is 28.7 Å². The molecule has 112 valence electrons. The molecular formula is C20H13N4+. The highest BCUT2D eigenvalue weighted by Gasteiger charge is 2.22. The standard InChI is InChI=1S/C20H13N4/c1-2-6-13(7-3-1)20-21-16-14-8-4-10-23-12-24-11-5-9-15(17(16)22-20)19(24)18(14)23/h1-12H,(H,21,22)/q+1. The van der Waals surface area contributed by atoms with Crippen molar-refractivity contribution in [1.82, 2.24) is 14.4 Å². The van der Waals surface area contributed by atoms with Crippen LogP contribution in [0.5, 0.6) is 0 Å². The van der Waals surface area contributed by atoms with E-state index in [2.05, 4.69) is 68.9 Å². The number of hydrogen-bond donors (Lipinski definition) is 1. The maximum atomic E-state index is 4.93. The minimum absolute atomic E-state index is 0.912. The minimum atomic E-state index is 0.912. The highest BCUT2D eigenvalue weighted by molar-refractivity contribution is 6.20. The fourth-order valence-electron chi connectivity index (χ4n) is 3.76. The van der Waals surface area contributed by atoms with Gasteiger partial charge in [-0.1, -0.05) is 30.3 Å². The quantitative estimate of drug-likeness (QED) is 0.364. The van der Waals surface area contributed by atoms with Crippen molar-refractivity contribution in [2.45, 2.75) is 0 Å². The Morgan fingerprint density at radius 2 is 1.79 bits per heavy atom. The SMILES string of the molecule is c1ccc(-c2nc3c4ccc[n+]5cn6cccc(c3[nH]2)c6c45)cc1. The van der Waals surface area contributed by atoms with E-state index in [-0.39, 0.29) is 0 Å². The lowest BCUT2D eigenvalue weighted by atomic mass is 10.1. The summed E-state index contributed by atoms with van der Waals surface area (Å²) in [6.07, 6.45) is 6.29. The second kappa shape index (κ2) is 4.11. The summed E-state index contributed by atoms with van der Waals surface area (Å²) in [5, 5.41) is 2.37. The molecule has 4 heteroatoms. The maximum absolute atomic E-state index is 4.93. The van der Waals surface area contributed by atoms with Gasteiger partial charge in [0, 0.05) is 5.56 Å². The van der Waals surface area contributed by atoms with E-state index in [1.165, 1.54) is 21.8 Å². The Labute approximate surface area is 137 Å². The average Bonchev–Trinajstić information content (AvgIpc) is 3.24. The van der Waals surface area contributed by atoms with Crippen LogP contribution in [0.3, 0.4) is 0 Å². The fourth-order valence-corrected chi connectivity index (χ4v) is 3.76. The van der Waals surface area contributed by atoms with Gasteiger partial charge in [0.1, 0.15) is 11.3 Å². The number of aromatic nitrogens is 4. The molecule has 4 nitrogen and oxygen atoms in total. The minimum Gasteiger partial charge on any atom is -0.337 e. The van der Waals surface area contributed by atoms with Crippen LogP contribution in [0.1, 0.15) is 0 Å². The second-order valence-electron chi connectivity index (χ2n) is 6.15.